The number of aliphatic hydroxyl groups is 1. The Labute approximate surface area is 187 Å². The van der Waals surface area contributed by atoms with Crippen molar-refractivity contribution in [2.45, 2.75) is 70.5 Å². The molecular formula is C23H33IO5. The van der Waals surface area contributed by atoms with Crippen molar-refractivity contribution in [3.63, 3.8) is 0 Å². The second kappa shape index (κ2) is 7.68. The Kier molecular flexibility index (Phi) is 5.80. The second-order valence-electron chi connectivity index (χ2n) is 10.1. The molecule has 4 rings (SSSR count). The maximum absolute atomic E-state index is 13.2. The van der Waals surface area contributed by atoms with Gasteiger partial charge in [-0.3, -0.25) is 9.59 Å². The van der Waals surface area contributed by atoms with Gasteiger partial charge in [0.05, 0.1) is 10.5 Å². The van der Waals surface area contributed by atoms with Gasteiger partial charge in [-0.15, -0.1) is 0 Å². The Balaban J connectivity index is 1.73. The van der Waals surface area contributed by atoms with E-state index in [-0.39, 0.29) is 29.7 Å². The van der Waals surface area contributed by atoms with Crippen molar-refractivity contribution in [2.24, 2.45) is 28.6 Å². The zero-order valence-corrected chi connectivity index (χ0v) is 19.9. The molecule has 5 nitrogen and oxygen atoms in total. The van der Waals surface area contributed by atoms with Gasteiger partial charge in [-0.25, -0.2) is 0 Å². The number of aliphatic hydroxyl groups excluding tert-OH is 1. The molecule has 0 saturated heterocycles. The molecule has 0 aromatic heterocycles. The highest BCUT2D eigenvalue weighted by Gasteiger charge is 2.69. The Morgan fingerprint density at radius 2 is 2.03 bits per heavy atom. The monoisotopic (exact) mass is 516 g/mol. The van der Waals surface area contributed by atoms with Crippen molar-refractivity contribution in [3.05, 3.63) is 11.6 Å². The van der Waals surface area contributed by atoms with Crippen molar-refractivity contribution in [1.29, 1.82) is 0 Å². The van der Waals surface area contributed by atoms with E-state index in [4.69, 9.17) is 9.47 Å². The normalized spacial score (nSPS) is 46.5. The van der Waals surface area contributed by atoms with E-state index in [1.165, 1.54) is 5.57 Å². The fraction of sp³-hybridized carbons (Fsp3) is 0.826. The van der Waals surface area contributed by atoms with Gasteiger partial charge in [0.15, 0.2) is 11.6 Å². The maximum atomic E-state index is 13.2. The highest BCUT2D eigenvalue weighted by molar-refractivity contribution is 14.1. The number of carbonyl (C=O) groups is 2. The molecule has 7 atom stereocenters. The van der Waals surface area contributed by atoms with Crippen LogP contribution in [0.3, 0.4) is 0 Å². The van der Waals surface area contributed by atoms with E-state index in [1.54, 1.807) is 7.11 Å². The van der Waals surface area contributed by atoms with Gasteiger partial charge in [0.2, 0.25) is 0 Å². The van der Waals surface area contributed by atoms with Gasteiger partial charge >= 0.3 is 0 Å². The number of hydrogen-bond acceptors (Lipinski definition) is 5. The minimum Gasteiger partial charge on any atom is -0.393 e. The first-order valence-electron chi connectivity index (χ1n) is 10.9. The van der Waals surface area contributed by atoms with E-state index >= 15 is 0 Å². The van der Waals surface area contributed by atoms with Gasteiger partial charge < -0.3 is 14.6 Å². The van der Waals surface area contributed by atoms with Crippen molar-refractivity contribution >= 4 is 34.2 Å². The van der Waals surface area contributed by atoms with Crippen LogP contribution in [0.4, 0.5) is 0 Å². The predicted molar refractivity (Wildman–Crippen MR) is 118 cm³/mol. The summed E-state index contributed by atoms with van der Waals surface area (Å²) in [4.78, 5) is 25.2. The molecule has 0 radical (unpaired) electrons. The van der Waals surface area contributed by atoms with E-state index in [0.717, 1.165) is 25.7 Å². The molecule has 0 aromatic rings. The lowest BCUT2D eigenvalue weighted by molar-refractivity contribution is -0.213. The zero-order valence-electron chi connectivity index (χ0n) is 17.7. The summed E-state index contributed by atoms with van der Waals surface area (Å²) in [6, 6.07) is 0. The third-order valence-corrected chi connectivity index (χ3v) is 9.70. The van der Waals surface area contributed by atoms with Crippen LogP contribution in [0.1, 0.15) is 58.8 Å². The summed E-state index contributed by atoms with van der Waals surface area (Å²) in [6.45, 7) is 4.53. The summed E-state index contributed by atoms with van der Waals surface area (Å²) in [5.74, 6) is 1.20. The smallest absolute Gasteiger partial charge is 0.174 e. The Morgan fingerprint density at radius 3 is 2.72 bits per heavy atom. The fourth-order valence-corrected chi connectivity index (χ4v) is 8.33. The minimum absolute atomic E-state index is 0.0988. The molecule has 4 aliphatic carbocycles. The molecule has 1 unspecified atom stereocenters. The van der Waals surface area contributed by atoms with Crippen LogP contribution in [-0.2, 0) is 19.1 Å². The third-order valence-electron chi connectivity index (χ3n) is 9.01. The van der Waals surface area contributed by atoms with Gasteiger partial charge in [-0.05, 0) is 67.8 Å². The summed E-state index contributed by atoms with van der Waals surface area (Å²) in [5, 5.41) is 11.5. The first-order chi connectivity index (χ1) is 13.7. The predicted octanol–water partition coefficient (Wildman–Crippen LogP) is 3.85. The molecule has 3 fully saturated rings. The Morgan fingerprint density at radius 1 is 1.28 bits per heavy atom. The molecule has 0 aromatic carbocycles. The SMILES string of the molecule is COCO[C@]1(C(=O)CI)CC[C@H]2[C@@H]3CCC4=CC(=O)CC[C@]4(C)[C@H]3C(O)C[C@@]21C. The number of fused-ring (bicyclic) bond motifs is 5. The highest BCUT2D eigenvalue weighted by Crippen LogP contribution is 2.68. The van der Waals surface area contributed by atoms with Gasteiger partial charge in [0.25, 0.3) is 0 Å². The fourth-order valence-electron chi connectivity index (χ4n) is 7.72. The average molecular weight is 516 g/mol. The van der Waals surface area contributed by atoms with Gasteiger partial charge in [-0.2, -0.15) is 0 Å². The molecule has 0 heterocycles. The summed E-state index contributed by atoms with van der Waals surface area (Å²) < 4.78 is 11.8. The Hall–Kier alpha value is -0.310. The lowest BCUT2D eigenvalue weighted by Crippen LogP contribution is -2.62. The largest absolute Gasteiger partial charge is 0.393 e. The number of rotatable bonds is 5. The van der Waals surface area contributed by atoms with Crippen LogP contribution in [0.2, 0.25) is 0 Å². The molecule has 0 bridgehead atoms. The molecule has 6 heteroatoms. The van der Waals surface area contributed by atoms with Crippen molar-refractivity contribution < 1.29 is 24.2 Å². The van der Waals surface area contributed by atoms with Crippen LogP contribution < -0.4 is 0 Å². The number of halogens is 1. The van der Waals surface area contributed by atoms with Crippen molar-refractivity contribution in [2.75, 3.05) is 18.3 Å². The number of ether oxygens (including phenoxy) is 2. The quantitative estimate of drug-likeness (QED) is 0.342. The minimum atomic E-state index is -0.875. The van der Waals surface area contributed by atoms with Gasteiger partial charge in [-0.1, -0.05) is 42.0 Å². The summed E-state index contributed by atoms with van der Waals surface area (Å²) in [6.07, 6.45) is 6.90. The lowest BCUT2D eigenvalue weighted by Gasteiger charge is -2.61. The van der Waals surface area contributed by atoms with Crippen molar-refractivity contribution in [1.82, 2.24) is 0 Å². The molecule has 3 saturated carbocycles. The molecule has 29 heavy (non-hydrogen) atoms. The maximum Gasteiger partial charge on any atom is 0.174 e. The van der Waals surface area contributed by atoms with E-state index in [9.17, 15) is 14.7 Å². The molecule has 0 spiro atoms. The van der Waals surface area contributed by atoms with Crippen LogP contribution in [0, 0.1) is 28.6 Å². The number of alkyl halides is 1. The van der Waals surface area contributed by atoms with Gasteiger partial charge in [0, 0.05) is 18.9 Å². The third kappa shape index (κ3) is 3.03. The standard InChI is InChI=1S/C23H33IO5/c1-21-8-6-15(25)10-14(21)4-5-16-17-7-9-23(19(27)12-24,29-13-28-3)22(17,2)11-18(26)20(16)21/h10,16-18,20,26H,4-9,11-13H2,1-3H3/t16-,17-,18?,20+,21-,22-,23-/m0/s1. The van der Waals surface area contributed by atoms with Crippen LogP contribution in [0.25, 0.3) is 0 Å². The summed E-state index contributed by atoms with van der Waals surface area (Å²) in [7, 11) is 1.59. The second-order valence-corrected chi connectivity index (χ2v) is 10.8. The average Bonchev–Trinajstić information content (AvgIpc) is 2.98. The topological polar surface area (TPSA) is 72.8 Å². The first-order valence-corrected chi connectivity index (χ1v) is 12.4. The molecule has 162 valence electrons. The van der Waals surface area contributed by atoms with E-state index in [1.807, 2.05) is 6.08 Å². The molecule has 0 aliphatic heterocycles. The van der Waals surface area contributed by atoms with Crippen LogP contribution in [0.15, 0.2) is 11.6 Å². The molecular weight excluding hydrogens is 483 g/mol. The van der Waals surface area contributed by atoms with Crippen LogP contribution in [-0.4, -0.2) is 46.7 Å². The summed E-state index contributed by atoms with van der Waals surface area (Å²) in [5.41, 5.74) is -0.138. The van der Waals surface area contributed by atoms with E-state index in [2.05, 4.69) is 36.4 Å². The number of hydrogen-bond donors (Lipinski definition) is 1. The number of ketones is 2. The van der Waals surface area contributed by atoms with Crippen molar-refractivity contribution in [3.8, 4) is 0 Å². The van der Waals surface area contributed by atoms with E-state index < -0.39 is 17.1 Å². The molecule has 0 amide bonds. The number of carbonyl (C=O) groups excluding carboxylic acids is 2. The number of Topliss-reactive ketones (excluding diaryl/α,β-unsaturated/α-hetero) is 1. The number of allylic oxidation sites excluding steroid dienone is 1. The first kappa shape index (κ1) is 21.9. The number of methoxy groups -OCH3 is 1. The highest BCUT2D eigenvalue weighted by atomic mass is 127. The van der Waals surface area contributed by atoms with Crippen LogP contribution in [0.5, 0.6) is 0 Å². The Bertz CT molecular complexity index is 735. The van der Waals surface area contributed by atoms with E-state index in [0.29, 0.717) is 35.5 Å². The molecule has 4 aliphatic rings. The van der Waals surface area contributed by atoms with Gasteiger partial charge in [0.1, 0.15) is 12.4 Å². The van der Waals surface area contributed by atoms with Crippen LogP contribution >= 0.6 is 22.6 Å². The summed E-state index contributed by atoms with van der Waals surface area (Å²) >= 11 is 2.13. The molecule has 1 N–H and O–H groups in total. The zero-order chi connectivity index (χ0) is 21.0. The lowest BCUT2D eigenvalue weighted by atomic mass is 9.45.